The minimum absolute atomic E-state index is 0.00565. The molecule has 20 heavy (non-hydrogen) atoms. The van der Waals surface area contributed by atoms with Crippen LogP contribution in [-0.2, 0) is 15.9 Å². The van der Waals surface area contributed by atoms with Gasteiger partial charge in [-0.3, -0.25) is 0 Å². The summed E-state index contributed by atoms with van der Waals surface area (Å²) in [5.74, 6) is 0.420. The zero-order valence-corrected chi connectivity index (χ0v) is 12.8. The lowest BCUT2D eigenvalue weighted by atomic mass is 9.89. The maximum absolute atomic E-state index is 6.39. The third-order valence-corrected chi connectivity index (χ3v) is 4.02. The van der Waals surface area contributed by atoms with E-state index in [1.165, 1.54) is 11.1 Å². The molecule has 0 amide bonds. The molecule has 1 aliphatic heterocycles. The highest BCUT2D eigenvalue weighted by Gasteiger charge is 2.28. The Labute approximate surface area is 122 Å². The Balaban J connectivity index is 2.06. The van der Waals surface area contributed by atoms with Crippen LogP contribution in [0.3, 0.4) is 0 Å². The number of fused-ring (bicyclic) bond motifs is 1. The van der Waals surface area contributed by atoms with Crippen molar-refractivity contribution in [3.63, 3.8) is 0 Å². The van der Waals surface area contributed by atoms with E-state index in [1.54, 1.807) is 0 Å². The molecule has 0 saturated carbocycles. The lowest BCUT2D eigenvalue weighted by Gasteiger charge is -2.32. The second kappa shape index (κ2) is 7.21. The average molecular weight is 277 g/mol. The molecule has 1 aliphatic rings. The van der Waals surface area contributed by atoms with E-state index in [-0.39, 0.29) is 18.2 Å². The quantitative estimate of drug-likeness (QED) is 0.869. The van der Waals surface area contributed by atoms with Gasteiger partial charge in [-0.2, -0.15) is 0 Å². The van der Waals surface area contributed by atoms with Crippen LogP contribution in [0.1, 0.15) is 44.4 Å². The Kier molecular flexibility index (Phi) is 5.58. The minimum atomic E-state index is 0.00565. The largest absolute Gasteiger partial charge is 0.377 e. The Morgan fingerprint density at radius 2 is 2.10 bits per heavy atom. The van der Waals surface area contributed by atoms with Crippen molar-refractivity contribution in [1.82, 2.24) is 0 Å². The number of hydrogen-bond donors (Lipinski definition) is 1. The fraction of sp³-hybridized carbons (Fsp3) is 0.647. The monoisotopic (exact) mass is 277 g/mol. The maximum atomic E-state index is 6.39. The summed E-state index contributed by atoms with van der Waals surface area (Å²) in [6.45, 7) is 7.84. The van der Waals surface area contributed by atoms with Crippen molar-refractivity contribution in [2.24, 2.45) is 11.7 Å². The highest BCUT2D eigenvalue weighted by molar-refractivity contribution is 5.31. The van der Waals surface area contributed by atoms with Crippen LogP contribution in [0.15, 0.2) is 24.3 Å². The molecule has 112 valence electrons. The van der Waals surface area contributed by atoms with E-state index in [4.69, 9.17) is 15.2 Å². The molecule has 0 aliphatic carbocycles. The minimum Gasteiger partial charge on any atom is -0.377 e. The van der Waals surface area contributed by atoms with Crippen molar-refractivity contribution < 1.29 is 9.47 Å². The van der Waals surface area contributed by atoms with Gasteiger partial charge in [0.1, 0.15) is 0 Å². The van der Waals surface area contributed by atoms with Gasteiger partial charge in [-0.1, -0.05) is 38.1 Å². The highest BCUT2D eigenvalue weighted by Crippen LogP contribution is 2.31. The summed E-state index contributed by atoms with van der Waals surface area (Å²) in [6.07, 6.45) is 2.02. The molecule has 3 nitrogen and oxygen atoms in total. The third kappa shape index (κ3) is 3.60. The summed E-state index contributed by atoms with van der Waals surface area (Å²) < 4.78 is 11.8. The lowest BCUT2D eigenvalue weighted by molar-refractivity contribution is -0.0184. The predicted octanol–water partition coefficient (Wildman–Crippen LogP) is 3.08. The van der Waals surface area contributed by atoms with Crippen LogP contribution in [0.25, 0.3) is 0 Å². The molecule has 0 spiro atoms. The van der Waals surface area contributed by atoms with Gasteiger partial charge in [0.25, 0.3) is 0 Å². The van der Waals surface area contributed by atoms with Crippen molar-refractivity contribution in [3.8, 4) is 0 Å². The molecule has 0 aromatic heterocycles. The van der Waals surface area contributed by atoms with Gasteiger partial charge in [0.2, 0.25) is 0 Å². The second-order valence-corrected chi connectivity index (χ2v) is 5.87. The molecule has 2 N–H and O–H groups in total. The first-order chi connectivity index (χ1) is 9.63. The maximum Gasteiger partial charge on any atom is 0.0843 e. The van der Waals surface area contributed by atoms with E-state index in [9.17, 15) is 0 Å². The SMILES string of the molecule is CCOC(C(C)C)C(N)CC1OCCc2ccccc21. The highest BCUT2D eigenvalue weighted by atomic mass is 16.5. The average Bonchev–Trinajstić information content (AvgIpc) is 2.44. The Morgan fingerprint density at radius 3 is 2.80 bits per heavy atom. The summed E-state index contributed by atoms with van der Waals surface area (Å²) in [6, 6.07) is 8.54. The Hall–Kier alpha value is -0.900. The molecule has 3 unspecified atom stereocenters. The van der Waals surface area contributed by atoms with E-state index < -0.39 is 0 Å². The lowest BCUT2D eigenvalue weighted by Crippen LogP contribution is -2.42. The third-order valence-electron chi connectivity index (χ3n) is 4.02. The van der Waals surface area contributed by atoms with E-state index >= 15 is 0 Å². The number of nitrogens with two attached hydrogens (primary N) is 1. The van der Waals surface area contributed by atoms with Gasteiger partial charge in [0.05, 0.1) is 18.8 Å². The second-order valence-electron chi connectivity index (χ2n) is 5.87. The van der Waals surface area contributed by atoms with Gasteiger partial charge in [0.15, 0.2) is 0 Å². The van der Waals surface area contributed by atoms with Gasteiger partial charge < -0.3 is 15.2 Å². The molecular formula is C17H27NO2. The van der Waals surface area contributed by atoms with Gasteiger partial charge in [-0.15, -0.1) is 0 Å². The first-order valence-corrected chi connectivity index (χ1v) is 7.70. The van der Waals surface area contributed by atoms with Crippen LogP contribution in [0, 0.1) is 5.92 Å². The molecule has 2 rings (SSSR count). The molecule has 1 aromatic carbocycles. The summed E-state index contributed by atoms with van der Waals surface area (Å²) >= 11 is 0. The molecule has 0 radical (unpaired) electrons. The van der Waals surface area contributed by atoms with E-state index in [2.05, 4.69) is 38.1 Å². The van der Waals surface area contributed by atoms with Gasteiger partial charge >= 0.3 is 0 Å². The zero-order chi connectivity index (χ0) is 14.5. The molecule has 0 bridgehead atoms. The van der Waals surface area contributed by atoms with E-state index in [0.29, 0.717) is 12.5 Å². The standard InChI is InChI=1S/C17H27NO2/c1-4-19-17(12(2)3)15(18)11-16-14-8-6-5-7-13(14)9-10-20-16/h5-8,12,15-17H,4,9-11,18H2,1-3H3. The predicted molar refractivity (Wildman–Crippen MR) is 81.7 cm³/mol. The molecule has 0 saturated heterocycles. The molecule has 3 atom stereocenters. The number of benzene rings is 1. The van der Waals surface area contributed by atoms with Crippen LogP contribution in [0.4, 0.5) is 0 Å². The van der Waals surface area contributed by atoms with E-state index in [1.807, 2.05) is 6.92 Å². The van der Waals surface area contributed by atoms with Crippen molar-refractivity contribution >= 4 is 0 Å². The van der Waals surface area contributed by atoms with E-state index in [0.717, 1.165) is 19.4 Å². The van der Waals surface area contributed by atoms with Gasteiger partial charge in [-0.05, 0) is 36.8 Å². The fourth-order valence-corrected chi connectivity index (χ4v) is 3.06. The first-order valence-electron chi connectivity index (χ1n) is 7.70. The Morgan fingerprint density at radius 1 is 1.35 bits per heavy atom. The summed E-state index contributed by atoms with van der Waals surface area (Å²) in [5, 5.41) is 0. The van der Waals surface area contributed by atoms with Crippen molar-refractivity contribution in [2.75, 3.05) is 13.2 Å². The topological polar surface area (TPSA) is 44.5 Å². The normalized spacial score (nSPS) is 21.6. The Bertz CT molecular complexity index is 419. The fourth-order valence-electron chi connectivity index (χ4n) is 3.06. The van der Waals surface area contributed by atoms with Crippen molar-refractivity contribution in [1.29, 1.82) is 0 Å². The van der Waals surface area contributed by atoms with Crippen LogP contribution >= 0.6 is 0 Å². The number of hydrogen-bond acceptors (Lipinski definition) is 3. The molecular weight excluding hydrogens is 250 g/mol. The number of ether oxygens (including phenoxy) is 2. The summed E-state index contributed by atoms with van der Waals surface area (Å²) in [7, 11) is 0. The van der Waals surface area contributed by atoms with Gasteiger partial charge in [-0.25, -0.2) is 0 Å². The summed E-state index contributed by atoms with van der Waals surface area (Å²) in [5.41, 5.74) is 9.08. The van der Waals surface area contributed by atoms with Crippen LogP contribution in [0.5, 0.6) is 0 Å². The van der Waals surface area contributed by atoms with Crippen molar-refractivity contribution in [3.05, 3.63) is 35.4 Å². The molecule has 0 fully saturated rings. The molecule has 3 heteroatoms. The van der Waals surface area contributed by atoms with Crippen molar-refractivity contribution in [2.45, 2.75) is 51.9 Å². The molecule has 1 heterocycles. The first kappa shape index (κ1) is 15.5. The smallest absolute Gasteiger partial charge is 0.0843 e. The van der Waals surface area contributed by atoms with Gasteiger partial charge in [0, 0.05) is 12.6 Å². The summed E-state index contributed by atoms with van der Waals surface area (Å²) in [4.78, 5) is 0. The molecule has 1 aromatic rings. The number of rotatable bonds is 6. The van der Waals surface area contributed by atoms with Crippen LogP contribution < -0.4 is 5.73 Å². The van der Waals surface area contributed by atoms with Crippen LogP contribution in [0.2, 0.25) is 0 Å². The van der Waals surface area contributed by atoms with Crippen LogP contribution in [-0.4, -0.2) is 25.4 Å². The zero-order valence-electron chi connectivity index (χ0n) is 12.8.